The van der Waals surface area contributed by atoms with Gasteiger partial charge in [0.05, 0.1) is 6.61 Å². The Morgan fingerprint density at radius 1 is 0.971 bits per heavy atom. The van der Waals surface area contributed by atoms with Crippen LogP contribution in [0.15, 0.2) is 36.5 Å². The number of aliphatic hydroxyl groups excluding tert-OH is 2. The molecule has 15 N–H and O–H groups in total. The van der Waals surface area contributed by atoms with Crippen molar-refractivity contribution in [2.45, 2.75) is 24.5 Å². The van der Waals surface area contributed by atoms with Gasteiger partial charge in [-0.15, -0.1) is 0 Å². The first-order valence-electron chi connectivity index (χ1n) is 8.54. The number of hydrogen-bond donors (Lipinski definition) is 6. The van der Waals surface area contributed by atoms with E-state index in [1.54, 1.807) is 30.3 Å². The molecule has 17 nitrogen and oxygen atoms in total. The normalized spacial score (nSPS) is 26.8. The number of aromatic nitrogens is 1. The third kappa shape index (κ3) is 8.53. The van der Waals surface area contributed by atoms with Crippen molar-refractivity contribution in [3.63, 3.8) is 0 Å². The zero-order valence-corrected chi connectivity index (χ0v) is 22.1. The van der Waals surface area contributed by atoms with E-state index in [1.807, 2.05) is 0 Å². The molecule has 21 heteroatoms. The number of nitrogens with zero attached hydrogens (tertiary/aromatic N) is 1. The highest BCUT2D eigenvalue weighted by atomic mass is 32.1. The fraction of sp³-hybridized carbons (Fsp3) is 0.357. The molecule has 2 heterocycles. The number of phosphoric acid groups is 3. The summed E-state index contributed by atoms with van der Waals surface area (Å²) in [4.78, 5) is 41.7. The Balaban J connectivity index is 0.00000385. The van der Waals surface area contributed by atoms with Gasteiger partial charge >= 0.3 is 0 Å². The van der Waals surface area contributed by atoms with E-state index in [9.17, 15) is 38.6 Å². The van der Waals surface area contributed by atoms with E-state index in [2.05, 4.69) is 13.1 Å². The van der Waals surface area contributed by atoms with E-state index >= 15 is 0 Å². The molecule has 2 aromatic rings. The highest BCUT2D eigenvalue weighted by Crippen LogP contribution is 2.61. The molecule has 7 atom stereocenters. The molecule has 0 radical (unpaired) electrons. The number of ether oxygens (including phenoxy) is 1. The average molecular weight is 584 g/mol. The van der Waals surface area contributed by atoms with E-state index in [0.29, 0.717) is 5.39 Å². The van der Waals surface area contributed by atoms with E-state index in [4.69, 9.17) is 21.8 Å². The van der Waals surface area contributed by atoms with Crippen LogP contribution < -0.4 is 33.1 Å². The molecule has 35 heavy (non-hydrogen) atoms. The Hall–Kier alpha value is -0.980. The molecule has 0 amide bonds. The van der Waals surface area contributed by atoms with E-state index in [1.165, 1.54) is 10.8 Å². The zero-order valence-electron chi connectivity index (χ0n) is 18.6. The lowest BCUT2D eigenvalue weighted by atomic mass is 10.1. The first-order chi connectivity index (χ1) is 14.7. The second kappa shape index (κ2) is 12.5. The fourth-order valence-electron chi connectivity index (χ4n) is 2.95. The number of benzene rings is 1. The van der Waals surface area contributed by atoms with Crippen molar-refractivity contribution in [1.29, 1.82) is 0 Å². The van der Waals surface area contributed by atoms with Gasteiger partial charge in [0.1, 0.15) is 23.0 Å². The fourth-order valence-corrected chi connectivity index (χ4v) is 6.20. The Labute approximate surface area is 203 Å². The van der Waals surface area contributed by atoms with Crippen LogP contribution in [-0.2, 0) is 31.6 Å². The molecule has 0 spiro atoms. The minimum atomic E-state index is -6.06. The summed E-state index contributed by atoms with van der Waals surface area (Å²) in [5.41, 5.74) is 0. The lowest BCUT2D eigenvalue weighted by Gasteiger charge is -2.33. The molecular formula is C14H27N4O13P3S. The third-order valence-electron chi connectivity index (χ3n) is 4.25. The van der Waals surface area contributed by atoms with Gasteiger partial charge in [0, 0.05) is 11.6 Å². The molecule has 3 unspecified atom stereocenters. The summed E-state index contributed by atoms with van der Waals surface area (Å²) in [6, 6.07) is 8.75. The molecule has 1 fully saturated rings. The predicted molar refractivity (Wildman–Crippen MR) is 120 cm³/mol. The minimum Gasteiger partial charge on any atom is -0.756 e. The summed E-state index contributed by atoms with van der Waals surface area (Å²) in [6.45, 7) is -1.02. The van der Waals surface area contributed by atoms with Crippen LogP contribution in [0.5, 0.6) is 0 Å². The number of pyridine rings is 1. The van der Waals surface area contributed by atoms with Gasteiger partial charge in [0.2, 0.25) is 0 Å². The van der Waals surface area contributed by atoms with Crippen molar-refractivity contribution in [2.75, 3.05) is 6.61 Å². The van der Waals surface area contributed by atoms with E-state index < -0.39 is 54.6 Å². The first-order valence-corrected chi connectivity index (χ1v) is 13.4. The smallest absolute Gasteiger partial charge is 0.280 e. The van der Waals surface area contributed by atoms with Crippen molar-refractivity contribution in [3.05, 3.63) is 41.2 Å². The third-order valence-corrected chi connectivity index (χ3v) is 8.37. The van der Waals surface area contributed by atoms with Crippen LogP contribution in [0, 0.1) is 4.64 Å². The van der Waals surface area contributed by atoms with Crippen LogP contribution in [0.2, 0.25) is 0 Å². The zero-order chi connectivity index (χ0) is 23.9. The Bertz CT molecular complexity index is 1210. The van der Waals surface area contributed by atoms with Gasteiger partial charge in [-0.3, -0.25) is 13.7 Å². The van der Waals surface area contributed by atoms with Crippen molar-refractivity contribution >= 4 is 46.5 Å². The van der Waals surface area contributed by atoms with Gasteiger partial charge in [0.15, 0.2) is 6.23 Å². The second-order valence-corrected chi connectivity index (χ2v) is 11.2. The summed E-state index contributed by atoms with van der Waals surface area (Å²) in [6.07, 6.45) is -4.47. The molecule has 3 rings (SSSR count). The molecule has 1 aliphatic rings. The van der Waals surface area contributed by atoms with Gasteiger partial charge in [-0.05, 0) is 11.5 Å². The molecule has 1 saturated heterocycles. The molecule has 1 aromatic carbocycles. The van der Waals surface area contributed by atoms with Crippen LogP contribution >= 0.6 is 35.7 Å². The topological polar surface area (TPSA) is 332 Å². The molecular weight excluding hydrogens is 557 g/mol. The van der Waals surface area contributed by atoms with Gasteiger partial charge in [0.25, 0.3) is 23.5 Å². The largest absolute Gasteiger partial charge is 0.756 e. The van der Waals surface area contributed by atoms with Crippen LogP contribution in [-0.4, -0.2) is 44.6 Å². The SMILES string of the molecule is O=P([O-])(O)OP(=O)([O-])OP(=O)([O-])OC[C@H]1O[C@@H](n2ccc3ccccc3c2=S)[C@H](O)[C@@H]1O.[NH4+].[NH4+].[NH4+]. The van der Waals surface area contributed by atoms with Gasteiger partial charge < -0.3 is 62.1 Å². The van der Waals surface area contributed by atoms with E-state index in [0.717, 1.165) is 5.39 Å². The van der Waals surface area contributed by atoms with Crippen LogP contribution in [0.25, 0.3) is 10.8 Å². The molecule has 0 bridgehead atoms. The average Bonchev–Trinajstić information content (AvgIpc) is 2.92. The lowest BCUT2D eigenvalue weighted by molar-refractivity contribution is -0.250. The maximum atomic E-state index is 11.7. The molecule has 202 valence electrons. The summed E-state index contributed by atoms with van der Waals surface area (Å²) >= 11 is 5.38. The van der Waals surface area contributed by atoms with Crippen molar-refractivity contribution in [3.8, 4) is 0 Å². The monoisotopic (exact) mass is 584 g/mol. The maximum absolute atomic E-state index is 11.7. The second-order valence-electron chi connectivity index (χ2n) is 6.48. The van der Waals surface area contributed by atoms with Crippen LogP contribution in [0.4, 0.5) is 0 Å². The number of phosphoric ester groups is 1. The highest BCUT2D eigenvalue weighted by molar-refractivity contribution is 7.71. The molecule has 1 aliphatic heterocycles. The summed E-state index contributed by atoms with van der Waals surface area (Å²) in [5, 5.41) is 22.0. The molecule has 0 aliphatic carbocycles. The van der Waals surface area contributed by atoms with Gasteiger partial charge in [-0.2, -0.15) is 0 Å². The summed E-state index contributed by atoms with van der Waals surface area (Å²) in [5.74, 6) is 0. The number of fused-ring (bicyclic) bond motifs is 1. The van der Waals surface area contributed by atoms with Crippen molar-refractivity contribution in [2.24, 2.45) is 0 Å². The van der Waals surface area contributed by atoms with Crippen molar-refractivity contribution in [1.82, 2.24) is 23.0 Å². The Morgan fingerprint density at radius 3 is 2.17 bits per heavy atom. The summed E-state index contributed by atoms with van der Waals surface area (Å²) in [7, 11) is -17.7. The number of hydrogen-bond acceptors (Lipinski definition) is 13. The minimum absolute atomic E-state index is 0. The van der Waals surface area contributed by atoms with E-state index in [-0.39, 0.29) is 23.1 Å². The Morgan fingerprint density at radius 2 is 1.57 bits per heavy atom. The lowest BCUT2D eigenvalue weighted by Crippen LogP contribution is -2.34. The first kappa shape index (κ1) is 34.0. The number of aliphatic hydroxyl groups is 2. The van der Waals surface area contributed by atoms with Crippen LogP contribution in [0.1, 0.15) is 6.23 Å². The Kier molecular flexibility index (Phi) is 12.2. The van der Waals surface area contributed by atoms with Crippen molar-refractivity contribution < 1.29 is 61.4 Å². The van der Waals surface area contributed by atoms with Gasteiger partial charge in [-0.25, -0.2) is 8.62 Å². The van der Waals surface area contributed by atoms with Crippen LogP contribution in [0.3, 0.4) is 0 Å². The molecule has 0 saturated carbocycles. The number of quaternary nitrogens is 3. The van der Waals surface area contributed by atoms with Gasteiger partial charge in [-0.1, -0.05) is 36.5 Å². The quantitative estimate of drug-likeness (QED) is 0.182. The molecule has 1 aromatic heterocycles. The number of rotatable bonds is 8. The predicted octanol–water partition coefficient (Wildman–Crippen LogP) is 0.566. The summed E-state index contributed by atoms with van der Waals surface area (Å²) < 4.78 is 51.3. The standard InChI is InChI=1S/C14H18NO13P3S.3H3N/c16-11-10(7-25-30(21,22)28-31(23,24)27-29(18,19)20)26-13(12(11)17)15-6-5-8-3-1-2-4-9(8)14(15)32;;;/h1-6,10-13,16-17H,7H2,(H,21,22)(H,23,24)(H2,18,19,20);3*1H3/t10-,11-,12-,13-;;;/m1.../s1. The maximum Gasteiger partial charge on any atom is 0.280 e. The highest BCUT2D eigenvalue weighted by Gasteiger charge is 2.44.